The van der Waals surface area contributed by atoms with Crippen molar-refractivity contribution in [3.8, 4) is 12.3 Å². The van der Waals surface area contributed by atoms with Crippen molar-refractivity contribution in [2.75, 3.05) is 5.88 Å². The molecule has 0 aromatic rings. The van der Waals surface area contributed by atoms with Crippen molar-refractivity contribution in [1.29, 1.82) is 0 Å². The van der Waals surface area contributed by atoms with Crippen LogP contribution < -0.4 is 0 Å². The van der Waals surface area contributed by atoms with E-state index in [1.165, 1.54) is 18.4 Å². The largest absolute Gasteiger partial charge is 0.407 e. The molecule has 0 saturated heterocycles. The van der Waals surface area contributed by atoms with E-state index in [2.05, 4.69) is 43.8 Å². The highest BCUT2D eigenvalue weighted by molar-refractivity contribution is 6.69. The Morgan fingerprint density at radius 3 is 2.72 bits per heavy atom. The van der Waals surface area contributed by atoms with Gasteiger partial charge in [0.2, 0.25) is 0 Å². The molecule has 0 aromatic heterocycles. The Labute approximate surface area is 117 Å². The third kappa shape index (κ3) is 5.02. The van der Waals surface area contributed by atoms with Crippen molar-refractivity contribution in [2.24, 2.45) is 0 Å². The van der Waals surface area contributed by atoms with E-state index in [-0.39, 0.29) is 0 Å². The molecule has 1 aliphatic carbocycles. The molecule has 1 atom stereocenters. The van der Waals surface area contributed by atoms with E-state index < -0.39 is 13.9 Å². The first-order valence-corrected chi connectivity index (χ1v) is 10.4. The number of halogens is 1. The molecule has 18 heavy (non-hydrogen) atoms. The van der Waals surface area contributed by atoms with Crippen LogP contribution in [0.1, 0.15) is 25.7 Å². The SMILES string of the molecule is C#CCC(/C=C/C1=CCCC1)(CCl)O[Si](C)(C)C. The van der Waals surface area contributed by atoms with Gasteiger partial charge in [0.05, 0.1) is 11.5 Å². The van der Waals surface area contributed by atoms with E-state index in [0.717, 1.165) is 6.42 Å². The number of rotatable bonds is 6. The summed E-state index contributed by atoms with van der Waals surface area (Å²) < 4.78 is 6.23. The first kappa shape index (κ1) is 15.6. The lowest BCUT2D eigenvalue weighted by Gasteiger charge is -2.34. The van der Waals surface area contributed by atoms with Gasteiger partial charge >= 0.3 is 0 Å². The lowest BCUT2D eigenvalue weighted by atomic mass is 10.0. The molecule has 0 fully saturated rings. The molecule has 0 heterocycles. The smallest absolute Gasteiger partial charge is 0.185 e. The molecule has 0 aromatic carbocycles. The highest BCUT2D eigenvalue weighted by atomic mass is 35.5. The zero-order valence-electron chi connectivity index (χ0n) is 11.6. The first-order chi connectivity index (χ1) is 8.41. The summed E-state index contributed by atoms with van der Waals surface area (Å²) in [5.74, 6) is 3.11. The van der Waals surface area contributed by atoms with Crippen LogP contribution in [0, 0.1) is 12.3 Å². The van der Waals surface area contributed by atoms with Crippen molar-refractivity contribution < 1.29 is 4.43 Å². The van der Waals surface area contributed by atoms with Gasteiger partial charge in [0.25, 0.3) is 0 Å². The number of hydrogen-bond acceptors (Lipinski definition) is 1. The standard InChI is InChI=1S/C15H23ClOSi/c1-5-11-15(13-16,17-18(2,3)4)12-10-14-8-6-7-9-14/h1,8,10,12H,6-7,9,11,13H2,2-4H3/b12-10+. The van der Waals surface area contributed by atoms with Crippen molar-refractivity contribution in [2.45, 2.75) is 50.9 Å². The van der Waals surface area contributed by atoms with Crippen molar-refractivity contribution in [1.82, 2.24) is 0 Å². The fourth-order valence-corrected chi connectivity index (χ4v) is 3.90. The van der Waals surface area contributed by atoms with Gasteiger partial charge in [-0.05, 0) is 38.9 Å². The molecule has 1 nitrogen and oxygen atoms in total. The van der Waals surface area contributed by atoms with Crippen LogP contribution in [0.5, 0.6) is 0 Å². The summed E-state index contributed by atoms with van der Waals surface area (Å²) in [4.78, 5) is 0. The van der Waals surface area contributed by atoms with Crippen molar-refractivity contribution >= 4 is 19.9 Å². The lowest BCUT2D eigenvalue weighted by Crippen LogP contribution is -2.42. The van der Waals surface area contributed by atoms with Crippen LogP contribution in [0.4, 0.5) is 0 Å². The van der Waals surface area contributed by atoms with Crippen LogP contribution in [0.15, 0.2) is 23.8 Å². The average Bonchev–Trinajstić information content (AvgIpc) is 2.77. The van der Waals surface area contributed by atoms with Crippen LogP contribution >= 0.6 is 11.6 Å². The molecule has 0 saturated carbocycles. The summed E-state index contributed by atoms with van der Waals surface area (Å²) in [6, 6.07) is 0. The Balaban J connectivity index is 2.85. The van der Waals surface area contributed by atoms with Crippen molar-refractivity contribution in [3.05, 3.63) is 23.8 Å². The Morgan fingerprint density at radius 1 is 1.56 bits per heavy atom. The molecule has 1 aliphatic rings. The molecular formula is C15H23ClOSi. The van der Waals surface area contributed by atoms with Gasteiger partial charge < -0.3 is 4.43 Å². The zero-order chi connectivity index (χ0) is 13.6. The summed E-state index contributed by atoms with van der Waals surface area (Å²) in [5.41, 5.74) is 0.880. The second-order valence-corrected chi connectivity index (χ2v) is 10.5. The maximum atomic E-state index is 6.23. The average molecular weight is 283 g/mol. The Bertz CT molecular complexity index is 373. The van der Waals surface area contributed by atoms with E-state index in [0.29, 0.717) is 12.3 Å². The second-order valence-electron chi connectivity index (χ2n) is 5.80. The third-order valence-corrected chi connectivity index (χ3v) is 4.29. The molecule has 100 valence electrons. The van der Waals surface area contributed by atoms with E-state index in [9.17, 15) is 0 Å². The quantitative estimate of drug-likeness (QED) is 0.396. The molecule has 1 unspecified atom stereocenters. The highest BCUT2D eigenvalue weighted by Gasteiger charge is 2.32. The predicted octanol–water partition coefficient (Wildman–Crippen LogP) is 4.51. The van der Waals surface area contributed by atoms with Gasteiger partial charge in [-0.1, -0.05) is 23.8 Å². The highest BCUT2D eigenvalue weighted by Crippen LogP contribution is 2.27. The molecule has 1 rings (SSSR count). The van der Waals surface area contributed by atoms with Gasteiger partial charge in [-0.3, -0.25) is 0 Å². The summed E-state index contributed by atoms with van der Waals surface area (Å²) in [5, 5.41) is 0. The van der Waals surface area contributed by atoms with E-state index in [4.69, 9.17) is 22.5 Å². The fraction of sp³-hybridized carbons (Fsp3) is 0.600. The van der Waals surface area contributed by atoms with Crippen molar-refractivity contribution in [3.63, 3.8) is 0 Å². The summed E-state index contributed by atoms with van der Waals surface area (Å²) in [6.45, 7) is 6.48. The molecular weight excluding hydrogens is 260 g/mol. The molecule has 0 amide bonds. The summed E-state index contributed by atoms with van der Waals surface area (Å²) >= 11 is 6.13. The zero-order valence-corrected chi connectivity index (χ0v) is 13.4. The maximum Gasteiger partial charge on any atom is 0.185 e. The van der Waals surface area contributed by atoms with Crippen LogP contribution in [0.2, 0.25) is 19.6 Å². The molecule has 0 N–H and O–H groups in total. The van der Waals surface area contributed by atoms with Crippen LogP contribution in [0.3, 0.4) is 0 Å². The van der Waals surface area contributed by atoms with Gasteiger partial charge in [-0.25, -0.2) is 0 Å². The number of hydrogen-bond donors (Lipinski definition) is 0. The minimum atomic E-state index is -1.68. The van der Waals surface area contributed by atoms with E-state index >= 15 is 0 Å². The topological polar surface area (TPSA) is 9.23 Å². The fourth-order valence-electron chi connectivity index (χ4n) is 2.14. The molecule has 0 bridgehead atoms. The van der Waals surface area contributed by atoms with Crippen LogP contribution in [-0.2, 0) is 4.43 Å². The number of allylic oxidation sites excluding steroid dienone is 3. The molecule has 0 radical (unpaired) electrons. The Kier molecular flexibility index (Phi) is 5.71. The minimum absolute atomic E-state index is 0.408. The first-order valence-electron chi connectivity index (χ1n) is 6.49. The summed E-state index contributed by atoms with van der Waals surface area (Å²) in [7, 11) is -1.68. The van der Waals surface area contributed by atoms with Crippen LogP contribution in [-0.4, -0.2) is 19.8 Å². The molecule has 0 spiro atoms. The van der Waals surface area contributed by atoms with Gasteiger partial charge in [0.15, 0.2) is 8.32 Å². The lowest BCUT2D eigenvalue weighted by molar-refractivity contribution is 0.142. The van der Waals surface area contributed by atoms with E-state index in [1.807, 2.05) is 0 Å². The number of alkyl halides is 1. The molecule has 3 heteroatoms. The maximum absolute atomic E-state index is 6.23. The van der Waals surface area contributed by atoms with Gasteiger partial charge in [0.1, 0.15) is 0 Å². The third-order valence-electron chi connectivity index (χ3n) is 2.81. The summed E-state index contributed by atoms with van der Waals surface area (Å²) in [6.07, 6.45) is 16.1. The van der Waals surface area contributed by atoms with Gasteiger partial charge in [0, 0.05) is 6.42 Å². The molecule has 0 aliphatic heterocycles. The minimum Gasteiger partial charge on any atom is -0.407 e. The normalized spacial score (nSPS) is 19.6. The monoisotopic (exact) mass is 282 g/mol. The van der Waals surface area contributed by atoms with E-state index in [1.54, 1.807) is 0 Å². The van der Waals surface area contributed by atoms with Gasteiger partial charge in [-0.15, -0.1) is 23.9 Å². The van der Waals surface area contributed by atoms with Gasteiger partial charge in [-0.2, -0.15) is 0 Å². The Hall–Kier alpha value is -0.493. The second kappa shape index (κ2) is 6.61. The number of terminal acetylenes is 1. The predicted molar refractivity (Wildman–Crippen MR) is 82.4 cm³/mol. The Morgan fingerprint density at radius 2 is 2.28 bits per heavy atom. The van der Waals surface area contributed by atoms with Crippen LogP contribution in [0.25, 0.3) is 0 Å².